The molecule has 192 valence electrons. The van der Waals surface area contributed by atoms with Gasteiger partial charge in [-0.05, 0) is 19.4 Å². The van der Waals surface area contributed by atoms with Gasteiger partial charge >= 0.3 is 5.69 Å². The first-order valence-corrected chi connectivity index (χ1v) is 12.2. The Hall–Kier alpha value is -3.93. The molecule has 2 aromatic heterocycles. The number of benzene rings is 1. The zero-order chi connectivity index (χ0) is 25.8. The third-order valence-corrected chi connectivity index (χ3v) is 6.53. The predicted molar refractivity (Wildman–Crippen MR) is 137 cm³/mol. The number of unbranched alkanes of at least 4 members (excludes halogenated alkanes) is 1. The maximum atomic E-state index is 13.2. The van der Waals surface area contributed by atoms with Crippen LogP contribution < -0.4 is 21.9 Å². The molecule has 0 unspecified atom stereocenters. The zero-order valence-corrected chi connectivity index (χ0v) is 20.6. The number of carbonyl (C=O) groups excluding carboxylic acids is 2. The van der Waals surface area contributed by atoms with Crippen molar-refractivity contribution in [3.63, 3.8) is 0 Å². The molecular weight excluding hydrogens is 464 g/mol. The van der Waals surface area contributed by atoms with Crippen LogP contribution in [0.2, 0.25) is 0 Å². The molecule has 12 heteroatoms. The molecule has 0 radical (unpaired) electrons. The second-order valence-corrected chi connectivity index (χ2v) is 8.82. The number of piperazine rings is 1. The number of nitrogens with one attached hydrogen (secondary N) is 2. The molecule has 0 saturated carbocycles. The Labute approximate surface area is 207 Å². The van der Waals surface area contributed by atoms with E-state index in [0.717, 1.165) is 17.3 Å². The standard InChI is InChI=1S/C24H32N8O4/c1-3-5-10-32-21(25)20(22(34)26-24(32)36)31(4-2)18(33)15-29-11-13-30(14-12-29)23(35)19-16-8-6-7-9-17(16)27-28-19/h6-9H,3-5,10-15,25H2,1-2H3,(H,27,28)(H,26,34,36). The highest BCUT2D eigenvalue weighted by Gasteiger charge is 2.28. The molecule has 12 nitrogen and oxygen atoms in total. The molecule has 4 N–H and O–H groups in total. The molecule has 3 aromatic rings. The molecule has 36 heavy (non-hydrogen) atoms. The first kappa shape index (κ1) is 25.2. The molecule has 1 aliphatic rings. The van der Waals surface area contributed by atoms with E-state index < -0.39 is 11.2 Å². The molecule has 1 aromatic carbocycles. The Bertz CT molecular complexity index is 1370. The Morgan fingerprint density at radius 1 is 1.11 bits per heavy atom. The molecule has 4 rings (SSSR count). The van der Waals surface area contributed by atoms with E-state index in [4.69, 9.17) is 5.73 Å². The van der Waals surface area contributed by atoms with Crippen molar-refractivity contribution in [3.8, 4) is 0 Å². The number of nitrogen functional groups attached to an aromatic ring is 1. The van der Waals surface area contributed by atoms with Crippen LogP contribution in [0, 0.1) is 0 Å². The largest absolute Gasteiger partial charge is 0.383 e. The number of hydrogen-bond acceptors (Lipinski definition) is 7. The Morgan fingerprint density at radius 3 is 2.53 bits per heavy atom. The van der Waals surface area contributed by atoms with Gasteiger partial charge in [-0.2, -0.15) is 5.10 Å². The summed E-state index contributed by atoms with van der Waals surface area (Å²) in [5, 5.41) is 7.86. The Kier molecular flexibility index (Phi) is 7.53. The third-order valence-electron chi connectivity index (χ3n) is 6.53. The maximum absolute atomic E-state index is 13.2. The molecule has 1 fully saturated rings. The highest BCUT2D eigenvalue weighted by atomic mass is 16.2. The molecular formula is C24H32N8O4. The number of nitrogens with two attached hydrogens (primary N) is 1. The number of nitrogens with zero attached hydrogens (tertiary/aromatic N) is 5. The van der Waals surface area contributed by atoms with Crippen LogP contribution in [0.4, 0.5) is 11.5 Å². The van der Waals surface area contributed by atoms with E-state index in [2.05, 4.69) is 15.2 Å². The van der Waals surface area contributed by atoms with E-state index in [-0.39, 0.29) is 36.4 Å². The lowest BCUT2D eigenvalue weighted by molar-refractivity contribution is -0.120. The highest BCUT2D eigenvalue weighted by Crippen LogP contribution is 2.19. The van der Waals surface area contributed by atoms with E-state index >= 15 is 0 Å². The number of aromatic amines is 2. The fraction of sp³-hybridized carbons (Fsp3) is 0.458. The van der Waals surface area contributed by atoms with Gasteiger partial charge in [-0.3, -0.25) is 33.9 Å². The van der Waals surface area contributed by atoms with Gasteiger partial charge < -0.3 is 15.5 Å². The van der Waals surface area contributed by atoms with E-state index in [9.17, 15) is 19.2 Å². The smallest absolute Gasteiger partial charge is 0.330 e. The molecule has 0 aliphatic carbocycles. The number of fused-ring (bicyclic) bond motifs is 1. The fourth-order valence-corrected chi connectivity index (χ4v) is 4.50. The first-order valence-electron chi connectivity index (χ1n) is 12.2. The lowest BCUT2D eigenvalue weighted by Gasteiger charge is -2.35. The first-order chi connectivity index (χ1) is 17.3. The van der Waals surface area contributed by atoms with Crippen LogP contribution in [0.5, 0.6) is 0 Å². The van der Waals surface area contributed by atoms with Crippen molar-refractivity contribution in [3.05, 3.63) is 50.8 Å². The van der Waals surface area contributed by atoms with Crippen molar-refractivity contribution in [2.24, 2.45) is 0 Å². The monoisotopic (exact) mass is 496 g/mol. The van der Waals surface area contributed by atoms with Gasteiger partial charge in [-0.1, -0.05) is 31.5 Å². The summed E-state index contributed by atoms with van der Waals surface area (Å²) in [7, 11) is 0. The Balaban J connectivity index is 1.43. The van der Waals surface area contributed by atoms with Crippen LogP contribution in [0.1, 0.15) is 37.2 Å². The van der Waals surface area contributed by atoms with Crippen molar-refractivity contribution in [2.45, 2.75) is 33.2 Å². The van der Waals surface area contributed by atoms with Gasteiger partial charge in [0.15, 0.2) is 11.4 Å². The second-order valence-electron chi connectivity index (χ2n) is 8.82. The summed E-state index contributed by atoms with van der Waals surface area (Å²) in [4.78, 5) is 58.3. The van der Waals surface area contributed by atoms with Gasteiger partial charge in [0, 0.05) is 44.7 Å². The lowest BCUT2D eigenvalue weighted by atomic mass is 10.2. The number of amides is 2. The van der Waals surface area contributed by atoms with E-state index in [1.54, 1.807) is 11.8 Å². The minimum Gasteiger partial charge on any atom is -0.383 e. The van der Waals surface area contributed by atoms with Crippen molar-refractivity contribution < 1.29 is 9.59 Å². The zero-order valence-electron chi connectivity index (χ0n) is 20.6. The Morgan fingerprint density at radius 2 is 1.83 bits per heavy atom. The van der Waals surface area contributed by atoms with Crippen LogP contribution in [0.3, 0.4) is 0 Å². The van der Waals surface area contributed by atoms with Gasteiger partial charge in [0.1, 0.15) is 5.82 Å². The van der Waals surface area contributed by atoms with E-state index in [1.165, 1.54) is 9.47 Å². The van der Waals surface area contributed by atoms with Crippen LogP contribution in [-0.2, 0) is 11.3 Å². The number of hydrogen-bond donors (Lipinski definition) is 3. The minimum absolute atomic E-state index is 0.00238. The van der Waals surface area contributed by atoms with Crippen LogP contribution in [0.15, 0.2) is 33.9 Å². The highest BCUT2D eigenvalue weighted by molar-refractivity contribution is 6.04. The van der Waals surface area contributed by atoms with E-state index in [1.807, 2.05) is 36.1 Å². The van der Waals surface area contributed by atoms with Crippen molar-refractivity contribution >= 4 is 34.2 Å². The molecule has 1 aliphatic heterocycles. The summed E-state index contributed by atoms with van der Waals surface area (Å²) < 4.78 is 1.30. The predicted octanol–water partition coefficient (Wildman–Crippen LogP) is 0.606. The van der Waals surface area contributed by atoms with Crippen molar-refractivity contribution in [1.29, 1.82) is 0 Å². The number of carbonyl (C=O) groups is 2. The number of anilines is 2. The van der Waals surface area contributed by atoms with Gasteiger partial charge in [0.05, 0.1) is 12.1 Å². The second kappa shape index (κ2) is 10.8. The van der Waals surface area contributed by atoms with Crippen LogP contribution >= 0.6 is 0 Å². The topological polar surface area (TPSA) is 153 Å². The van der Waals surface area contributed by atoms with Crippen molar-refractivity contribution in [2.75, 3.05) is 49.9 Å². The summed E-state index contributed by atoms with van der Waals surface area (Å²) in [6, 6.07) is 7.48. The van der Waals surface area contributed by atoms with Crippen molar-refractivity contribution in [1.82, 2.24) is 29.5 Å². The average Bonchev–Trinajstić information content (AvgIpc) is 3.30. The molecule has 2 amide bonds. The number of aromatic nitrogens is 4. The van der Waals surface area contributed by atoms with Gasteiger partial charge in [0.2, 0.25) is 5.91 Å². The number of rotatable bonds is 8. The minimum atomic E-state index is -0.679. The van der Waals surface area contributed by atoms with Gasteiger partial charge in [-0.15, -0.1) is 0 Å². The summed E-state index contributed by atoms with van der Waals surface area (Å²) in [5.41, 5.74) is 6.13. The SMILES string of the molecule is CCCCn1c(N)c(N(CC)C(=O)CN2CCN(C(=O)c3n[nH]c4ccccc34)CC2)c(=O)[nH]c1=O. The quantitative estimate of drug-likeness (QED) is 0.413. The van der Waals surface area contributed by atoms with Gasteiger partial charge in [0.25, 0.3) is 11.5 Å². The molecule has 0 atom stereocenters. The molecule has 0 bridgehead atoms. The summed E-state index contributed by atoms with van der Waals surface area (Å²) in [6.07, 6.45) is 1.56. The third kappa shape index (κ3) is 4.89. The normalized spacial score (nSPS) is 14.3. The molecule has 3 heterocycles. The maximum Gasteiger partial charge on any atom is 0.330 e. The molecule has 0 spiro atoms. The van der Waals surface area contributed by atoms with Gasteiger partial charge in [-0.25, -0.2) is 4.79 Å². The average molecular weight is 497 g/mol. The molecule has 1 saturated heterocycles. The summed E-state index contributed by atoms with van der Waals surface area (Å²) in [5.74, 6) is -0.454. The summed E-state index contributed by atoms with van der Waals surface area (Å²) >= 11 is 0. The number of para-hydroxylation sites is 1. The number of likely N-dealkylation sites (N-methyl/N-ethyl adjacent to an activating group) is 1. The number of H-pyrrole nitrogens is 2. The summed E-state index contributed by atoms with van der Waals surface area (Å²) in [6.45, 7) is 6.28. The van der Waals surface area contributed by atoms with Crippen LogP contribution in [0.25, 0.3) is 10.9 Å². The van der Waals surface area contributed by atoms with Crippen LogP contribution in [-0.4, -0.2) is 80.6 Å². The lowest BCUT2D eigenvalue weighted by Crippen LogP contribution is -2.52. The van der Waals surface area contributed by atoms with E-state index in [0.29, 0.717) is 44.8 Å². The fourth-order valence-electron chi connectivity index (χ4n) is 4.50.